The smallest absolute Gasteiger partial charge is 0.329 e. The van der Waals surface area contributed by atoms with Crippen molar-refractivity contribution in [1.29, 1.82) is 0 Å². The van der Waals surface area contributed by atoms with Gasteiger partial charge < -0.3 is 10.4 Å². The van der Waals surface area contributed by atoms with Crippen LogP contribution in [0.3, 0.4) is 0 Å². The predicted molar refractivity (Wildman–Crippen MR) is 81.3 cm³/mol. The van der Waals surface area contributed by atoms with E-state index in [1.54, 1.807) is 31.2 Å². The van der Waals surface area contributed by atoms with Crippen LogP contribution < -0.4 is 5.32 Å². The Labute approximate surface area is 123 Å². The van der Waals surface area contributed by atoms with Gasteiger partial charge in [0.05, 0.1) is 0 Å². The van der Waals surface area contributed by atoms with Crippen LogP contribution in [-0.4, -0.2) is 16.6 Å². The van der Waals surface area contributed by atoms with Crippen molar-refractivity contribution in [3.63, 3.8) is 0 Å². The SMILES string of the molecule is CC(Cc1ccccc1)(Nc1cccc(Cl)c1)C(=O)O. The molecule has 1 unspecified atom stereocenters. The quantitative estimate of drug-likeness (QED) is 0.879. The molecule has 0 saturated heterocycles. The van der Waals surface area contributed by atoms with E-state index < -0.39 is 11.5 Å². The summed E-state index contributed by atoms with van der Waals surface area (Å²) in [7, 11) is 0. The van der Waals surface area contributed by atoms with Gasteiger partial charge in [-0.3, -0.25) is 0 Å². The van der Waals surface area contributed by atoms with E-state index in [0.29, 0.717) is 17.1 Å². The van der Waals surface area contributed by atoms with Crippen molar-refractivity contribution in [2.24, 2.45) is 0 Å². The molecule has 2 N–H and O–H groups in total. The van der Waals surface area contributed by atoms with E-state index in [2.05, 4.69) is 5.32 Å². The number of nitrogens with one attached hydrogen (secondary N) is 1. The van der Waals surface area contributed by atoms with Crippen LogP contribution in [0.4, 0.5) is 5.69 Å². The van der Waals surface area contributed by atoms with Gasteiger partial charge in [0, 0.05) is 17.1 Å². The van der Waals surface area contributed by atoms with Gasteiger partial charge in [0.15, 0.2) is 0 Å². The number of hydrogen-bond acceptors (Lipinski definition) is 2. The third kappa shape index (κ3) is 3.52. The summed E-state index contributed by atoms with van der Waals surface area (Å²) < 4.78 is 0. The average Bonchev–Trinajstić information content (AvgIpc) is 2.39. The van der Waals surface area contributed by atoms with Crippen LogP contribution in [-0.2, 0) is 11.2 Å². The maximum absolute atomic E-state index is 11.6. The predicted octanol–water partition coefficient (Wildman–Crippen LogP) is 3.84. The summed E-state index contributed by atoms with van der Waals surface area (Å²) in [5.74, 6) is -0.902. The highest BCUT2D eigenvalue weighted by Crippen LogP contribution is 2.22. The Kier molecular flexibility index (Phi) is 4.30. The number of benzene rings is 2. The van der Waals surface area contributed by atoms with E-state index in [-0.39, 0.29) is 0 Å². The molecule has 0 aromatic heterocycles. The van der Waals surface area contributed by atoms with Gasteiger partial charge in [0.25, 0.3) is 0 Å². The van der Waals surface area contributed by atoms with Crippen LogP contribution in [0.25, 0.3) is 0 Å². The maximum Gasteiger partial charge on any atom is 0.329 e. The summed E-state index contributed by atoms with van der Waals surface area (Å²) in [6.07, 6.45) is 0.385. The maximum atomic E-state index is 11.6. The van der Waals surface area contributed by atoms with Crippen molar-refractivity contribution < 1.29 is 9.90 Å². The van der Waals surface area contributed by atoms with Crippen LogP contribution in [0.2, 0.25) is 5.02 Å². The van der Waals surface area contributed by atoms with Crippen LogP contribution in [0.5, 0.6) is 0 Å². The summed E-state index contributed by atoms with van der Waals surface area (Å²) in [6, 6.07) is 16.6. The minimum absolute atomic E-state index is 0.385. The molecule has 0 radical (unpaired) electrons. The van der Waals surface area contributed by atoms with Crippen molar-refractivity contribution >= 4 is 23.3 Å². The van der Waals surface area contributed by atoms with E-state index >= 15 is 0 Å². The van der Waals surface area contributed by atoms with E-state index in [9.17, 15) is 9.90 Å². The molecule has 0 aliphatic heterocycles. The van der Waals surface area contributed by atoms with Crippen molar-refractivity contribution in [3.05, 3.63) is 65.2 Å². The third-order valence-corrected chi connectivity index (χ3v) is 3.35. The van der Waals surface area contributed by atoms with Crippen molar-refractivity contribution in [2.75, 3.05) is 5.32 Å². The van der Waals surface area contributed by atoms with Gasteiger partial charge >= 0.3 is 5.97 Å². The number of rotatable bonds is 5. The molecule has 0 fully saturated rings. The van der Waals surface area contributed by atoms with Crippen LogP contribution in [0, 0.1) is 0 Å². The second-order valence-corrected chi connectivity index (χ2v) is 5.37. The zero-order valence-corrected chi connectivity index (χ0v) is 11.9. The second-order valence-electron chi connectivity index (χ2n) is 4.93. The molecule has 0 saturated carbocycles. The van der Waals surface area contributed by atoms with Crippen LogP contribution in [0.15, 0.2) is 54.6 Å². The lowest BCUT2D eigenvalue weighted by Gasteiger charge is -2.27. The van der Waals surface area contributed by atoms with Gasteiger partial charge in [-0.2, -0.15) is 0 Å². The van der Waals surface area contributed by atoms with Gasteiger partial charge in [0.2, 0.25) is 0 Å². The number of carboxylic acids is 1. The molecule has 1 atom stereocenters. The molecule has 3 nitrogen and oxygen atoms in total. The fraction of sp³-hybridized carbons (Fsp3) is 0.188. The lowest BCUT2D eigenvalue weighted by atomic mass is 9.92. The first-order valence-electron chi connectivity index (χ1n) is 6.31. The molecule has 0 aliphatic carbocycles. The minimum Gasteiger partial charge on any atom is -0.480 e. The van der Waals surface area contributed by atoms with Crippen LogP contribution >= 0.6 is 11.6 Å². The number of halogens is 1. The molecule has 0 aliphatic rings. The standard InChI is InChI=1S/C16H16ClNO2/c1-16(15(19)20,11-12-6-3-2-4-7-12)18-14-9-5-8-13(17)10-14/h2-10,18H,11H2,1H3,(H,19,20). The first-order valence-corrected chi connectivity index (χ1v) is 6.68. The number of aliphatic carboxylic acids is 1. The topological polar surface area (TPSA) is 49.3 Å². The van der Waals surface area contributed by atoms with Crippen molar-refractivity contribution in [3.8, 4) is 0 Å². The zero-order chi connectivity index (χ0) is 14.6. The Hall–Kier alpha value is -2.00. The molecule has 104 valence electrons. The van der Waals surface area contributed by atoms with Gasteiger partial charge in [-0.05, 0) is 30.7 Å². The monoisotopic (exact) mass is 289 g/mol. The Balaban J connectivity index is 2.23. The van der Waals surface area contributed by atoms with E-state index in [1.807, 2.05) is 30.3 Å². The Morgan fingerprint density at radius 3 is 2.50 bits per heavy atom. The van der Waals surface area contributed by atoms with Crippen LogP contribution in [0.1, 0.15) is 12.5 Å². The lowest BCUT2D eigenvalue weighted by molar-refractivity contribution is -0.141. The highest BCUT2D eigenvalue weighted by atomic mass is 35.5. The van der Waals surface area contributed by atoms with Gasteiger partial charge in [-0.15, -0.1) is 0 Å². The Morgan fingerprint density at radius 2 is 1.90 bits per heavy atom. The molecule has 2 rings (SSSR count). The van der Waals surface area contributed by atoms with E-state index in [4.69, 9.17) is 11.6 Å². The normalized spacial score (nSPS) is 13.5. The number of carbonyl (C=O) groups is 1. The average molecular weight is 290 g/mol. The lowest BCUT2D eigenvalue weighted by Crippen LogP contribution is -2.45. The minimum atomic E-state index is -1.09. The summed E-state index contributed by atoms with van der Waals surface area (Å²) in [5, 5.41) is 13.2. The molecule has 0 heterocycles. The zero-order valence-electron chi connectivity index (χ0n) is 11.1. The highest BCUT2D eigenvalue weighted by molar-refractivity contribution is 6.30. The number of carboxylic acid groups (broad SMARTS) is 1. The fourth-order valence-electron chi connectivity index (χ4n) is 2.06. The largest absolute Gasteiger partial charge is 0.480 e. The second kappa shape index (κ2) is 5.97. The first-order chi connectivity index (χ1) is 9.49. The summed E-state index contributed by atoms with van der Waals surface area (Å²) in [5.41, 5.74) is 0.566. The first kappa shape index (κ1) is 14.4. The third-order valence-electron chi connectivity index (χ3n) is 3.12. The molecule has 0 amide bonds. The van der Waals surface area contributed by atoms with Gasteiger partial charge in [0.1, 0.15) is 5.54 Å². The summed E-state index contributed by atoms with van der Waals surface area (Å²) >= 11 is 5.93. The Morgan fingerprint density at radius 1 is 1.20 bits per heavy atom. The van der Waals surface area contributed by atoms with E-state index in [0.717, 1.165) is 5.56 Å². The molecular formula is C16H16ClNO2. The molecule has 2 aromatic carbocycles. The molecule has 4 heteroatoms. The van der Waals surface area contributed by atoms with Crippen molar-refractivity contribution in [2.45, 2.75) is 18.9 Å². The molecule has 0 spiro atoms. The van der Waals surface area contributed by atoms with Gasteiger partial charge in [-0.25, -0.2) is 4.79 Å². The van der Waals surface area contributed by atoms with Crippen molar-refractivity contribution in [1.82, 2.24) is 0 Å². The number of anilines is 1. The number of hydrogen-bond donors (Lipinski definition) is 2. The fourth-order valence-corrected chi connectivity index (χ4v) is 2.25. The molecule has 20 heavy (non-hydrogen) atoms. The van der Waals surface area contributed by atoms with Gasteiger partial charge in [-0.1, -0.05) is 48.0 Å². The summed E-state index contributed by atoms with van der Waals surface area (Å²) in [6.45, 7) is 1.67. The molecular weight excluding hydrogens is 274 g/mol. The highest BCUT2D eigenvalue weighted by Gasteiger charge is 2.33. The molecule has 2 aromatic rings. The Bertz CT molecular complexity index is 600. The van der Waals surface area contributed by atoms with E-state index in [1.165, 1.54) is 0 Å². The summed E-state index contributed by atoms with van der Waals surface area (Å²) in [4.78, 5) is 11.6. The molecule has 0 bridgehead atoms.